The third-order valence-electron chi connectivity index (χ3n) is 3.60. The molecule has 1 aliphatic heterocycles. The highest BCUT2D eigenvalue weighted by molar-refractivity contribution is 5.70. The predicted molar refractivity (Wildman–Crippen MR) is 49.6 cm³/mol. The SMILES string of the molecule is O=C(O)C1CCC2(CCCC2)NC1. The lowest BCUT2D eigenvalue weighted by Crippen LogP contribution is -2.50. The van der Waals surface area contributed by atoms with E-state index in [0.29, 0.717) is 12.1 Å². The van der Waals surface area contributed by atoms with Crippen LogP contribution in [0.4, 0.5) is 0 Å². The van der Waals surface area contributed by atoms with Gasteiger partial charge in [-0.1, -0.05) is 12.8 Å². The van der Waals surface area contributed by atoms with Crippen molar-refractivity contribution < 1.29 is 9.90 Å². The van der Waals surface area contributed by atoms with E-state index in [1.165, 1.54) is 25.7 Å². The second-order valence-electron chi connectivity index (χ2n) is 4.44. The zero-order chi connectivity index (χ0) is 9.31. The molecule has 13 heavy (non-hydrogen) atoms. The first-order valence-corrected chi connectivity index (χ1v) is 5.20. The maximum Gasteiger partial charge on any atom is 0.307 e. The van der Waals surface area contributed by atoms with Gasteiger partial charge in [0.05, 0.1) is 5.92 Å². The molecule has 0 aromatic carbocycles. The average molecular weight is 183 g/mol. The number of hydrogen-bond donors (Lipinski definition) is 2. The van der Waals surface area contributed by atoms with Crippen LogP contribution in [0.3, 0.4) is 0 Å². The predicted octanol–water partition coefficient (Wildman–Crippen LogP) is 1.38. The zero-order valence-electron chi connectivity index (χ0n) is 7.88. The second-order valence-corrected chi connectivity index (χ2v) is 4.44. The molecule has 2 N–H and O–H groups in total. The second kappa shape index (κ2) is 3.29. The summed E-state index contributed by atoms with van der Waals surface area (Å²) in [4.78, 5) is 10.7. The van der Waals surface area contributed by atoms with Crippen LogP contribution < -0.4 is 5.32 Å². The summed E-state index contributed by atoms with van der Waals surface area (Å²) in [7, 11) is 0. The molecule has 1 aliphatic carbocycles. The number of rotatable bonds is 1. The van der Waals surface area contributed by atoms with Crippen LogP contribution in [-0.4, -0.2) is 23.2 Å². The number of carboxylic acid groups (broad SMARTS) is 1. The van der Waals surface area contributed by atoms with Crippen molar-refractivity contribution in [3.8, 4) is 0 Å². The highest BCUT2D eigenvalue weighted by Gasteiger charge is 2.38. The molecule has 74 valence electrons. The van der Waals surface area contributed by atoms with Crippen molar-refractivity contribution in [3.63, 3.8) is 0 Å². The van der Waals surface area contributed by atoms with Crippen LogP contribution in [0.5, 0.6) is 0 Å². The number of carboxylic acids is 1. The van der Waals surface area contributed by atoms with Gasteiger partial charge in [0.1, 0.15) is 0 Å². The van der Waals surface area contributed by atoms with Crippen molar-refractivity contribution in [2.45, 2.75) is 44.1 Å². The smallest absolute Gasteiger partial charge is 0.307 e. The molecule has 1 heterocycles. The Hall–Kier alpha value is -0.570. The molecule has 1 atom stereocenters. The molecule has 0 aromatic heterocycles. The topological polar surface area (TPSA) is 49.3 Å². The molecule has 1 saturated heterocycles. The largest absolute Gasteiger partial charge is 0.481 e. The lowest BCUT2D eigenvalue weighted by Gasteiger charge is -2.37. The molecule has 1 spiro atoms. The molecule has 2 aliphatic rings. The summed E-state index contributed by atoms with van der Waals surface area (Å²) in [5.74, 6) is -0.786. The first-order valence-electron chi connectivity index (χ1n) is 5.20. The Kier molecular flexibility index (Phi) is 2.28. The molecule has 3 nitrogen and oxygen atoms in total. The van der Waals surface area contributed by atoms with Crippen molar-refractivity contribution in [2.24, 2.45) is 5.92 Å². The van der Waals surface area contributed by atoms with Gasteiger partial charge in [0.15, 0.2) is 0 Å². The summed E-state index contributed by atoms with van der Waals surface area (Å²) < 4.78 is 0. The number of nitrogens with one attached hydrogen (secondary N) is 1. The summed E-state index contributed by atoms with van der Waals surface area (Å²) in [5.41, 5.74) is 0.325. The molecule has 0 bridgehead atoms. The van der Waals surface area contributed by atoms with Gasteiger partial charge < -0.3 is 10.4 Å². The Morgan fingerprint density at radius 2 is 2.00 bits per heavy atom. The van der Waals surface area contributed by atoms with Gasteiger partial charge in [-0.15, -0.1) is 0 Å². The van der Waals surface area contributed by atoms with Gasteiger partial charge in [0.25, 0.3) is 0 Å². The van der Waals surface area contributed by atoms with Crippen molar-refractivity contribution in [1.29, 1.82) is 0 Å². The van der Waals surface area contributed by atoms with Crippen LogP contribution in [0.25, 0.3) is 0 Å². The van der Waals surface area contributed by atoms with Gasteiger partial charge >= 0.3 is 5.97 Å². The molecule has 3 heteroatoms. The van der Waals surface area contributed by atoms with Crippen molar-refractivity contribution in [2.75, 3.05) is 6.54 Å². The fourth-order valence-electron chi connectivity index (χ4n) is 2.67. The van der Waals surface area contributed by atoms with Gasteiger partial charge in [0, 0.05) is 12.1 Å². The fourth-order valence-corrected chi connectivity index (χ4v) is 2.67. The Balaban J connectivity index is 1.91. The molecular formula is C10H17NO2. The molecular weight excluding hydrogens is 166 g/mol. The van der Waals surface area contributed by atoms with E-state index in [4.69, 9.17) is 5.11 Å². The summed E-state index contributed by atoms with van der Waals surface area (Å²) >= 11 is 0. The molecule has 0 amide bonds. The highest BCUT2D eigenvalue weighted by atomic mass is 16.4. The van der Waals surface area contributed by atoms with E-state index >= 15 is 0 Å². The minimum atomic E-state index is -0.639. The van der Waals surface area contributed by atoms with E-state index in [0.717, 1.165) is 12.8 Å². The summed E-state index contributed by atoms with van der Waals surface area (Å²) in [5, 5.41) is 12.3. The lowest BCUT2D eigenvalue weighted by atomic mass is 9.83. The van der Waals surface area contributed by atoms with Crippen LogP contribution in [0.15, 0.2) is 0 Å². The Morgan fingerprint density at radius 3 is 2.46 bits per heavy atom. The lowest BCUT2D eigenvalue weighted by molar-refractivity contribution is -0.142. The monoisotopic (exact) mass is 183 g/mol. The summed E-state index contributed by atoms with van der Waals surface area (Å²) in [6, 6.07) is 0. The van der Waals surface area contributed by atoms with Crippen LogP contribution in [-0.2, 0) is 4.79 Å². The van der Waals surface area contributed by atoms with Gasteiger partial charge in [0.2, 0.25) is 0 Å². The van der Waals surface area contributed by atoms with Crippen LogP contribution in [0.2, 0.25) is 0 Å². The van der Waals surface area contributed by atoms with Crippen molar-refractivity contribution in [1.82, 2.24) is 5.32 Å². The Labute approximate surface area is 78.5 Å². The zero-order valence-corrected chi connectivity index (χ0v) is 7.88. The molecule has 0 aromatic rings. The van der Waals surface area contributed by atoms with Crippen molar-refractivity contribution >= 4 is 5.97 Å². The number of carbonyl (C=O) groups is 1. The van der Waals surface area contributed by atoms with E-state index in [1.807, 2.05) is 0 Å². The third-order valence-corrected chi connectivity index (χ3v) is 3.60. The highest BCUT2D eigenvalue weighted by Crippen LogP contribution is 2.37. The maximum absolute atomic E-state index is 10.7. The molecule has 0 radical (unpaired) electrons. The minimum Gasteiger partial charge on any atom is -0.481 e. The Bertz CT molecular complexity index is 199. The quantitative estimate of drug-likeness (QED) is 0.645. The van der Waals surface area contributed by atoms with Crippen LogP contribution in [0.1, 0.15) is 38.5 Å². The van der Waals surface area contributed by atoms with E-state index in [1.54, 1.807) is 0 Å². The van der Waals surface area contributed by atoms with Crippen LogP contribution >= 0.6 is 0 Å². The van der Waals surface area contributed by atoms with Crippen LogP contribution in [0, 0.1) is 5.92 Å². The van der Waals surface area contributed by atoms with Crippen molar-refractivity contribution in [3.05, 3.63) is 0 Å². The molecule has 2 fully saturated rings. The van der Waals surface area contributed by atoms with E-state index in [-0.39, 0.29) is 5.92 Å². The van der Waals surface area contributed by atoms with Gasteiger partial charge in [-0.2, -0.15) is 0 Å². The standard InChI is InChI=1S/C10H17NO2/c12-9(13)8-3-6-10(11-7-8)4-1-2-5-10/h8,11H,1-7H2,(H,12,13). The summed E-state index contributed by atoms with van der Waals surface area (Å²) in [6.07, 6.45) is 7.04. The molecule has 1 unspecified atom stereocenters. The van der Waals surface area contributed by atoms with Gasteiger partial charge in [-0.05, 0) is 25.7 Å². The fraction of sp³-hybridized carbons (Fsp3) is 0.900. The molecule has 1 saturated carbocycles. The first kappa shape index (κ1) is 9.00. The van der Waals surface area contributed by atoms with Gasteiger partial charge in [-0.25, -0.2) is 0 Å². The van der Waals surface area contributed by atoms with E-state index in [9.17, 15) is 4.79 Å². The van der Waals surface area contributed by atoms with E-state index < -0.39 is 5.97 Å². The average Bonchev–Trinajstić information content (AvgIpc) is 2.54. The number of piperidine rings is 1. The maximum atomic E-state index is 10.7. The minimum absolute atomic E-state index is 0.147. The van der Waals surface area contributed by atoms with E-state index in [2.05, 4.69) is 5.32 Å². The number of hydrogen-bond acceptors (Lipinski definition) is 2. The number of aliphatic carboxylic acids is 1. The first-order chi connectivity index (χ1) is 6.22. The third kappa shape index (κ3) is 1.70. The van der Waals surface area contributed by atoms with Gasteiger partial charge in [-0.3, -0.25) is 4.79 Å². The molecule has 2 rings (SSSR count). The normalized spacial score (nSPS) is 32.2. The summed E-state index contributed by atoms with van der Waals surface area (Å²) in [6.45, 7) is 0.676. The Morgan fingerprint density at radius 1 is 1.31 bits per heavy atom.